The van der Waals surface area contributed by atoms with Crippen LogP contribution in [0.15, 0.2) is 24.3 Å². The highest BCUT2D eigenvalue weighted by Crippen LogP contribution is 2.28. The Morgan fingerprint density at radius 2 is 1.75 bits per heavy atom. The average Bonchev–Trinajstić information content (AvgIpc) is 2.87. The molecule has 0 aromatic heterocycles. The third-order valence-electron chi connectivity index (χ3n) is 5.15. The molecule has 0 unspecified atom stereocenters. The fraction of sp³-hybridized carbons (Fsp3) is 0.588. The van der Waals surface area contributed by atoms with Crippen molar-refractivity contribution in [2.45, 2.75) is 19.0 Å². The van der Waals surface area contributed by atoms with E-state index in [-0.39, 0.29) is 24.8 Å². The average molecular weight is 373 g/mol. The summed E-state index contributed by atoms with van der Waals surface area (Å²) in [6, 6.07) is 9.16. The Labute approximate surface area is 156 Å². The molecule has 2 saturated heterocycles. The van der Waals surface area contributed by atoms with Crippen LogP contribution < -0.4 is 0 Å². The molecule has 1 aromatic rings. The highest BCUT2D eigenvalue weighted by atomic mass is 35.5. The summed E-state index contributed by atoms with van der Waals surface area (Å²) in [5.74, 6) is 0.716. The molecule has 3 aliphatic heterocycles. The molecular formula is C17H26Cl2N4O. The van der Waals surface area contributed by atoms with Gasteiger partial charge < -0.3 is 14.5 Å². The minimum Gasteiger partial charge on any atom is -0.379 e. The molecule has 0 radical (unpaired) electrons. The van der Waals surface area contributed by atoms with Crippen LogP contribution in [0.5, 0.6) is 0 Å². The fourth-order valence-electron chi connectivity index (χ4n) is 3.81. The zero-order valence-electron chi connectivity index (χ0n) is 13.8. The van der Waals surface area contributed by atoms with Crippen LogP contribution in [-0.4, -0.2) is 72.6 Å². The van der Waals surface area contributed by atoms with Gasteiger partial charge in [-0.05, 0) is 17.5 Å². The summed E-state index contributed by atoms with van der Waals surface area (Å²) < 4.78 is 5.40. The molecule has 4 rings (SSSR count). The first kappa shape index (κ1) is 19.3. The predicted molar refractivity (Wildman–Crippen MR) is 101 cm³/mol. The molecule has 0 saturated carbocycles. The largest absolute Gasteiger partial charge is 0.379 e. The summed E-state index contributed by atoms with van der Waals surface area (Å²) in [6.07, 6.45) is 1.08. The molecule has 134 valence electrons. The maximum atomic E-state index is 8.50. The summed E-state index contributed by atoms with van der Waals surface area (Å²) in [5, 5.41) is 8.50. The molecule has 0 aliphatic carbocycles. The number of fused-ring (bicyclic) bond motifs is 2. The van der Waals surface area contributed by atoms with E-state index in [2.05, 4.69) is 39.0 Å². The van der Waals surface area contributed by atoms with Crippen LogP contribution in [0.4, 0.5) is 0 Å². The number of ether oxygens (including phenoxy) is 1. The van der Waals surface area contributed by atoms with Crippen LogP contribution in [-0.2, 0) is 17.7 Å². The second-order valence-corrected chi connectivity index (χ2v) is 6.48. The van der Waals surface area contributed by atoms with Crippen LogP contribution in [0.3, 0.4) is 0 Å². The zero-order valence-corrected chi connectivity index (χ0v) is 15.5. The van der Waals surface area contributed by atoms with Gasteiger partial charge in [0.05, 0.1) is 19.3 Å². The van der Waals surface area contributed by atoms with Crippen molar-refractivity contribution in [1.82, 2.24) is 14.7 Å². The van der Waals surface area contributed by atoms with Gasteiger partial charge in [0, 0.05) is 39.3 Å². The van der Waals surface area contributed by atoms with Gasteiger partial charge in [0.25, 0.3) is 0 Å². The first-order valence-electron chi connectivity index (χ1n) is 8.28. The molecule has 0 bridgehead atoms. The number of benzene rings is 1. The third-order valence-corrected chi connectivity index (χ3v) is 5.15. The fourth-order valence-corrected chi connectivity index (χ4v) is 3.81. The van der Waals surface area contributed by atoms with Crippen LogP contribution in [0.2, 0.25) is 0 Å². The van der Waals surface area contributed by atoms with E-state index in [4.69, 9.17) is 10.1 Å². The summed E-state index contributed by atoms with van der Waals surface area (Å²) in [5.41, 5.74) is 2.85. The van der Waals surface area contributed by atoms with Crippen molar-refractivity contribution in [3.63, 3.8) is 0 Å². The normalized spacial score (nSPS) is 23.2. The Bertz CT molecular complexity index is 565. The number of nitrogens with zero attached hydrogens (tertiary/aromatic N) is 3. The van der Waals surface area contributed by atoms with Crippen molar-refractivity contribution in [1.29, 1.82) is 5.41 Å². The van der Waals surface area contributed by atoms with Crippen LogP contribution in [0.25, 0.3) is 0 Å². The second-order valence-electron chi connectivity index (χ2n) is 6.48. The lowest BCUT2D eigenvalue weighted by atomic mass is 9.95. The summed E-state index contributed by atoms with van der Waals surface area (Å²) in [7, 11) is 0. The van der Waals surface area contributed by atoms with Crippen molar-refractivity contribution in [2.75, 3.05) is 45.9 Å². The lowest BCUT2D eigenvalue weighted by molar-refractivity contribution is 0.0361. The molecule has 3 heterocycles. The van der Waals surface area contributed by atoms with E-state index in [1.807, 2.05) is 0 Å². The first-order chi connectivity index (χ1) is 10.8. The number of hydrogen-bond donors (Lipinski definition) is 1. The molecule has 5 nitrogen and oxygen atoms in total. The van der Waals surface area contributed by atoms with Crippen LogP contribution >= 0.6 is 24.8 Å². The summed E-state index contributed by atoms with van der Waals surface area (Å²) in [4.78, 5) is 6.98. The van der Waals surface area contributed by atoms with Crippen molar-refractivity contribution in [2.24, 2.45) is 0 Å². The number of rotatable bonds is 3. The molecule has 2 fully saturated rings. The Morgan fingerprint density at radius 1 is 1.04 bits per heavy atom. The predicted octanol–water partition coefficient (Wildman–Crippen LogP) is 1.84. The minimum absolute atomic E-state index is 0. The van der Waals surface area contributed by atoms with Gasteiger partial charge in [0.2, 0.25) is 0 Å². The highest BCUT2D eigenvalue weighted by Gasteiger charge is 2.37. The Balaban J connectivity index is 0.00000104. The summed E-state index contributed by atoms with van der Waals surface area (Å²) in [6.45, 7) is 7.65. The lowest BCUT2D eigenvalue weighted by Crippen LogP contribution is -2.43. The number of morpholine rings is 1. The minimum atomic E-state index is 0. The quantitative estimate of drug-likeness (QED) is 0.878. The van der Waals surface area contributed by atoms with Gasteiger partial charge in [-0.3, -0.25) is 10.3 Å². The van der Waals surface area contributed by atoms with Crippen LogP contribution in [0.1, 0.15) is 11.1 Å². The standard InChI is InChI=1S/C17H24N4O.2ClH/c18-17-20(6-5-19-7-9-22-10-8-19)13-16-11-14-3-1-2-4-15(14)12-21(16)17;;/h1-4,16,18H,5-13H2;2*1H/t16-;;/m0../s1. The summed E-state index contributed by atoms with van der Waals surface area (Å²) >= 11 is 0. The van der Waals surface area contributed by atoms with Gasteiger partial charge in [0.15, 0.2) is 5.96 Å². The molecule has 0 amide bonds. The number of hydrogen-bond acceptors (Lipinski definition) is 3. The number of guanidine groups is 1. The number of nitrogens with one attached hydrogen (secondary N) is 1. The monoisotopic (exact) mass is 372 g/mol. The second kappa shape index (κ2) is 8.39. The van der Waals surface area contributed by atoms with E-state index in [0.717, 1.165) is 58.9 Å². The van der Waals surface area contributed by atoms with Gasteiger partial charge in [-0.25, -0.2) is 0 Å². The van der Waals surface area contributed by atoms with E-state index in [9.17, 15) is 0 Å². The molecule has 7 heteroatoms. The third kappa shape index (κ3) is 3.80. The Morgan fingerprint density at radius 3 is 2.50 bits per heavy atom. The SMILES string of the molecule is Cl.Cl.N=C1N(CCN2CCOCC2)C[C@@H]2Cc3ccccc3CN12. The van der Waals surface area contributed by atoms with E-state index in [0.29, 0.717) is 12.0 Å². The van der Waals surface area contributed by atoms with Gasteiger partial charge in [-0.1, -0.05) is 24.3 Å². The van der Waals surface area contributed by atoms with E-state index in [1.54, 1.807) is 0 Å². The highest BCUT2D eigenvalue weighted by molar-refractivity contribution is 5.85. The van der Waals surface area contributed by atoms with Crippen LogP contribution in [0, 0.1) is 5.41 Å². The molecule has 1 N–H and O–H groups in total. The van der Waals surface area contributed by atoms with E-state index in [1.165, 1.54) is 11.1 Å². The zero-order chi connectivity index (χ0) is 14.9. The Hall–Kier alpha value is -1.01. The van der Waals surface area contributed by atoms with E-state index >= 15 is 0 Å². The van der Waals surface area contributed by atoms with Gasteiger partial charge >= 0.3 is 0 Å². The van der Waals surface area contributed by atoms with Gasteiger partial charge in [-0.2, -0.15) is 0 Å². The number of halogens is 2. The molecule has 1 aromatic carbocycles. The van der Waals surface area contributed by atoms with Crippen molar-refractivity contribution in [3.05, 3.63) is 35.4 Å². The lowest BCUT2D eigenvalue weighted by Gasteiger charge is -2.31. The maximum absolute atomic E-state index is 8.50. The topological polar surface area (TPSA) is 42.8 Å². The first-order valence-corrected chi connectivity index (χ1v) is 8.28. The molecule has 1 atom stereocenters. The van der Waals surface area contributed by atoms with E-state index < -0.39 is 0 Å². The molecule has 24 heavy (non-hydrogen) atoms. The maximum Gasteiger partial charge on any atom is 0.194 e. The van der Waals surface area contributed by atoms with Gasteiger partial charge in [-0.15, -0.1) is 24.8 Å². The van der Waals surface area contributed by atoms with Crippen molar-refractivity contribution in [3.8, 4) is 0 Å². The Kier molecular flexibility index (Phi) is 6.75. The van der Waals surface area contributed by atoms with Gasteiger partial charge in [0.1, 0.15) is 0 Å². The smallest absolute Gasteiger partial charge is 0.194 e. The molecule has 0 spiro atoms. The molecular weight excluding hydrogens is 347 g/mol. The molecule has 3 aliphatic rings. The van der Waals surface area contributed by atoms with Crippen molar-refractivity contribution < 1.29 is 4.74 Å². The van der Waals surface area contributed by atoms with Crippen molar-refractivity contribution >= 4 is 30.8 Å².